The molecule has 2 amide bonds. The lowest BCUT2D eigenvalue weighted by Gasteiger charge is -2.18. The lowest BCUT2D eigenvalue weighted by atomic mass is 10.1. The number of hydrazone groups is 1. The molecule has 1 aliphatic heterocycles. The minimum atomic E-state index is -0.354. The number of nitrogens with zero attached hydrogens (tertiary/aromatic N) is 2. The van der Waals surface area contributed by atoms with Gasteiger partial charge in [0.25, 0.3) is 0 Å². The van der Waals surface area contributed by atoms with Crippen molar-refractivity contribution in [2.45, 2.75) is 26.7 Å². The summed E-state index contributed by atoms with van der Waals surface area (Å²) in [5.41, 5.74) is 7.75. The highest BCUT2D eigenvalue weighted by atomic mass is 16.2. The molecule has 2 aromatic rings. The lowest BCUT2D eigenvalue weighted by Crippen LogP contribution is -2.24. The topological polar surface area (TPSA) is 56.7 Å². The fourth-order valence-corrected chi connectivity index (χ4v) is 3.02. The van der Waals surface area contributed by atoms with Gasteiger partial charge >= 0.3 is 6.03 Å². The van der Waals surface area contributed by atoms with Crippen LogP contribution in [-0.4, -0.2) is 25.3 Å². The number of hydrogen-bond donors (Lipinski definition) is 2. The third-order valence-electron chi connectivity index (χ3n) is 4.37. The molecule has 1 fully saturated rings. The van der Waals surface area contributed by atoms with E-state index in [1.165, 1.54) is 18.5 Å². The molecule has 25 heavy (non-hydrogen) atoms. The third-order valence-corrected chi connectivity index (χ3v) is 4.37. The first-order valence-electron chi connectivity index (χ1n) is 8.64. The van der Waals surface area contributed by atoms with Crippen LogP contribution in [0.1, 0.15) is 29.5 Å². The average Bonchev–Trinajstić information content (AvgIpc) is 3.11. The minimum Gasteiger partial charge on any atom is -0.372 e. The molecular formula is C20H24N4O. The van der Waals surface area contributed by atoms with Gasteiger partial charge in [-0.3, -0.25) is 0 Å². The molecule has 2 aromatic carbocycles. The molecule has 5 nitrogen and oxygen atoms in total. The maximum Gasteiger partial charge on any atom is 0.339 e. The van der Waals surface area contributed by atoms with Gasteiger partial charge in [-0.15, -0.1) is 0 Å². The monoisotopic (exact) mass is 336 g/mol. The summed E-state index contributed by atoms with van der Waals surface area (Å²) in [5.74, 6) is 0. The molecule has 1 heterocycles. The van der Waals surface area contributed by atoms with E-state index in [2.05, 4.69) is 39.8 Å². The number of rotatable bonds is 4. The molecule has 0 radical (unpaired) electrons. The Morgan fingerprint density at radius 3 is 2.64 bits per heavy atom. The number of amides is 2. The Morgan fingerprint density at radius 2 is 1.92 bits per heavy atom. The van der Waals surface area contributed by atoms with E-state index in [0.29, 0.717) is 0 Å². The first-order chi connectivity index (χ1) is 12.1. The van der Waals surface area contributed by atoms with Gasteiger partial charge in [-0.2, -0.15) is 5.10 Å². The second-order valence-corrected chi connectivity index (χ2v) is 6.43. The number of carbonyl (C=O) groups excluding carboxylic acids is 1. The number of benzene rings is 2. The van der Waals surface area contributed by atoms with Crippen molar-refractivity contribution in [3.63, 3.8) is 0 Å². The van der Waals surface area contributed by atoms with Gasteiger partial charge in [0.1, 0.15) is 0 Å². The summed E-state index contributed by atoms with van der Waals surface area (Å²) in [6, 6.07) is 13.6. The molecule has 130 valence electrons. The molecule has 0 aromatic heterocycles. The molecule has 0 unspecified atom stereocenters. The largest absolute Gasteiger partial charge is 0.372 e. The smallest absolute Gasteiger partial charge is 0.339 e. The highest BCUT2D eigenvalue weighted by molar-refractivity contribution is 5.90. The van der Waals surface area contributed by atoms with Crippen LogP contribution in [0, 0.1) is 13.8 Å². The van der Waals surface area contributed by atoms with Crippen molar-refractivity contribution >= 4 is 23.6 Å². The predicted octanol–water partition coefficient (Wildman–Crippen LogP) is 4.06. The molecule has 5 heteroatoms. The van der Waals surface area contributed by atoms with Gasteiger partial charge in [-0.05, 0) is 67.6 Å². The van der Waals surface area contributed by atoms with Crippen LogP contribution in [0.2, 0.25) is 0 Å². The maximum absolute atomic E-state index is 11.9. The van der Waals surface area contributed by atoms with Crippen LogP contribution in [0.25, 0.3) is 0 Å². The second kappa shape index (κ2) is 7.83. The number of anilines is 2. The van der Waals surface area contributed by atoms with E-state index in [1.807, 2.05) is 37.3 Å². The summed E-state index contributed by atoms with van der Waals surface area (Å²) < 4.78 is 0. The van der Waals surface area contributed by atoms with Crippen LogP contribution in [0.5, 0.6) is 0 Å². The number of nitrogens with one attached hydrogen (secondary N) is 2. The van der Waals surface area contributed by atoms with E-state index in [4.69, 9.17) is 0 Å². The summed E-state index contributed by atoms with van der Waals surface area (Å²) in [4.78, 5) is 14.3. The van der Waals surface area contributed by atoms with Gasteiger partial charge in [0.15, 0.2) is 0 Å². The fraction of sp³-hybridized carbons (Fsp3) is 0.300. The van der Waals surface area contributed by atoms with E-state index in [9.17, 15) is 4.79 Å². The summed E-state index contributed by atoms with van der Waals surface area (Å²) in [5, 5.41) is 6.81. The molecule has 2 N–H and O–H groups in total. The van der Waals surface area contributed by atoms with Gasteiger partial charge in [-0.25, -0.2) is 10.2 Å². The van der Waals surface area contributed by atoms with Gasteiger partial charge in [0.05, 0.1) is 6.21 Å². The summed E-state index contributed by atoms with van der Waals surface area (Å²) in [6.07, 6.45) is 4.21. The molecule has 1 saturated heterocycles. The van der Waals surface area contributed by atoms with Crippen LogP contribution in [-0.2, 0) is 0 Å². The Bertz CT molecular complexity index is 779. The minimum absolute atomic E-state index is 0.354. The zero-order valence-electron chi connectivity index (χ0n) is 14.7. The molecular weight excluding hydrogens is 312 g/mol. The van der Waals surface area contributed by atoms with E-state index in [0.717, 1.165) is 35.5 Å². The first kappa shape index (κ1) is 17.0. The maximum atomic E-state index is 11.9. The Labute approximate surface area is 148 Å². The predicted molar refractivity (Wildman–Crippen MR) is 104 cm³/mol. The first-order valence-corrected chi connectivity index (χ1v) is 8.64. The number of aryl methyl sites for hydroxylation is 2. The van der Waals surface area contributed by atoms with Crippen molar-refractivity contribution < 1.29 is 4.79 Å². The van der Waals surface area contributed by atoms with Crippen LogP contribution in [0.15, 0.2) is 47.6 Å². The summed E-state index contributed by atoms with van der Waals surface area (Å²) in [7, 11) is 0. The van der Waals surface area contributed by atoms with Gasteiger partial charge in [0, 0.05) is 24.5 Å². The van der Waals surface area contributed by atoms with E-state index in [1.54, 1.807) is 6.21 Å². The molecule has 0 spiro atoms. The van der Waals surface area contributed by atoms with Crippen molar-refractivity contribution in [2.24, 2.45) is 5.10 Å². The summed E-state index contributed by atoms with van der Waals surface area (Å²) in [6.45, 7) is 6.31. The quantitative estimate of drug-likeness (QED) is 0.653. The zero-order chi connectivity index (χ0) is 17.6. The molecule has 0 atom stereocenters. The van der Waals surface area contributed by atoms with Crippen molar-refractivity contribution in [3.8, 4) is 0 Å². The number of urea groups is 1. The van der Waals surface area contributed by atoms with Gasteiger partial charge in [-0.1, -0.05) is 18.2 Å². The zero-order valence-corrected chi connectivity index (χ0v) is 14.7. The van der Waals surface area contributed by atoms with Crippen molar-refractivity contribution in [3.05, 3.63) is 59.2 Å². The number of carbonyl (C=O) groups is 1. The summed E-state index contributed by atoms with van der Waals surface area (Å²) >= 11 is 0. The van der Waals surface area contributed by atoms with Crippen LogP contribution in [0.3, 0.4) is 0 Å². The van der Waals surface area contributed by atoms with Gasteiger partial charge < -0.3 is 10.2 Å². The Balaban J connectivity index is 1.57. The van der Waals surface area contributed by atoms with E-state index >= 15 is 0 Å². The third kappa shape index (κ3) is 4.59. The fourth-order valence-electron chi connectivity index (χ4n) is 3.02. The highest BCUT2D eigenvalue weighted by Gasteiger charge is 2.12. The highest BCUT2D eigenvalue weighted by Crippen LogP contribution is 2.22. The standard InChI is InChI=1S/C20H24N4O/c1-15-6-5-7-18(12-15)22-20(25)23-21-14-17-8-9-19(13-16(17)2)24-10-3-4-11-24/h5-9,12-14H,3-4,10-11H2,1-2H3,(H2,22,23,25)/b21-14+. The van der Waals surface area contributed by atoms with Crippen molar-refractivity contribution in [1.29, 1.82) is 0 Å². The van der Waals surface area contributed by atoms with Crippen molar-refractivity contribution in [1.82, 2.24) is 5.43 Å². The molecule has 0 saturated carbocycles. The second-order valence-electron chi connectivity index (χ2n) is 6.43. The number of hydrogen-bond acceptors (Lipinski definition) is 3. The molecule has 0 bridgehead atoms. The average molecular weight is 336 g/mol. The van der Waals surface area contributed by atoms with Crippen molar-refractivity contribution in [2.75, 3.05) is 23.3 Å². The lowest BCUT2D eigenvalue weighted by molar-refractivity contribution is 0.252. The van der Waals surface area contributed by atoms with E-state index < -0.39 is 0 Å². The Morgan fingerprint density at radius 1 is 1.12 bits per heavy atom. The van der Waals surface area contributed by atoms with Crippen LogP contribution >= 0.6 is 0 Å². The molecule has 3 rings (SSSR count). The molecule has 1 aliphatic rings. The Kier molecular flexibility index (Phi) is 5.33. The van der Waals surface area contributed by atoms with E-state index in [-0.39, 0.29) is 6.03 Å². The molecule has 0 aliphatic carbocycles. The van der Waals surface area contributed by atoms with Crippen LogP contribution in [0.4, 0.5) is 16.2 Å². The normalized spacial score (nSPS) is 14.1. The Hall–Kier alpha value is -2.82. The van der Waals surface area contributed by atoms with Crippen LogP contribution < -0.4 is 15.6 Å². The van der Waals surface area contributed by atoms with Gasteiger partial charge in [0.2, 0.25) is 0 Å². The SMILES string of the molecule is Cc1cccc(NC(=O)N/N=C/c2ccc(N3CCCC3)cc2C)c1.